The highest BCUT2D eigenvalue weighted by atomic mass is 16.5. The van der Waals surface area contributed by atoms with Crippen LogP contribution in [0, 0.1) is 6.92 Å². The number of aldehydes is 1. The van der Waals surface area contributed by atoms with E-state index in [0.717, 1.165) is 23.2 Å². The minimum Gasteiger partial charge on any atom is -0.366 e. The Hall–Kier alpha value is -1.16. The molecule has 15 heavy (non-hydrogen) atoms. The fourth-order valence-electron chi connectivity index (χ4n) is 1.99. The first-order chi connectivity index (χ1) is 7.13. The number of nitrogens with zero attached hydrogens (tertiary/aromatic N) is 2. The van der Waals surface area contributed by atoms with Gasteiger partial charge in [-0.15, -0.1) is 0 Å². The SMILES string of the molecule is Cc1nn(C(C)C)c2c1COC(C=O)C2. The summed E-state index contributed by atoms with van der Waals surface area (Å²) >= 11 is 0. The molecule has 0 spiro atoms. The van der Waals surface area contributed by atoms with E-state index in [2.05, 4.69) is 18.9 Å². The van der Waals surface area contributed by atoms with Gasteiger partial charge < -0.3 is 9.53 Å². The lowest BCUT2D eigenvalue weighted by Crippen LogP contribution is -2.25. The van der Waals surface area contributed by atoms with Crippen LogP contribution in [0.2, 0.25) is 0 Å². The molecule has 1 aliphatic heterocycles. The molecule has 0 saturated heterocycles. The van der Waals surface area contributed by atoms with Crippen LogP contribution in [-0.2, 0) is 22.6 Å². The summed E-state index contributed by atoms with van der Waals surface area (Å²) in [6, 6.07) is 0.331. The van der Waals surface area contributed by atoms with Gasteiger partial charge in [0, 0.05) is 23.7 Å². The van der Waals surface area contributed by atoms with Crippen LogP contribution in [0.15, 0.2) is 0 Å². The first-order valence-electron chi connectivity index (χ1n) is 5.27. The minimum absolute atomic E-state index is 0.300. The second-order valence-corrected chi connectivity index (χ2v) is 4.24. The molecule has 4 nitrogen and oxygen atoms in total. The summed E-state index contributed by atoms with van der Waals surface area (Å²) in [6.07, 6.45) is 1.22. The maximum absolute atomic E-state index is 10.7. The Morgan fingerprint density at radius 2 is 2.33 bits per heavy atom. The van der Waals surface area contributed by atoms with Crippen LogP contribution in [0.5, 0.6) is 0 Å². The normalized spacial score (nSPS) is 20.4. The molecule has 4 heteroatoms. The van der Waals surface area contributed by atoms with Crippen molar-refractivity contribution in [1.82, 2.24) is 9.78 Å². The van der Waals surface area contributed by atoms with E-state index in [9.17, 15) is 4.79 Å². The standard InChI is InChI=1S/C11H16N2O2/c1-7(2)13-11-4-9(5-14)15-6-10(11)8(3)12-13/h5,7,9H,4,6H2,1-3H3. The van der Waals surface area contributed by atoms with E-state index in [-0.39, 0.29) is 6.10 Å². The third-order valence-electron chi connectivity index (χ3n) is 2.80. The lowest BCUT2D eigenvalue weighted by atomic mass is 10.1. The molecule has 1 unspecified atom stereocenters. The maximum atomic E-state index is 10.7. The second-order valence-electron chi connectivity index (χ2n) is 4.24. The van der Waals surface area contributed by atoms with Crippen LogP contribution >= 0.6 is 0 Å². The number of carbonyl (C=O) groups is 1. The Balaban J connectivity index is 2.41. The summed E-state index contributed by atoms with van der Waals surface area (Å²) < 4.78 is 7.41. The van der Waals surface area contributed by atoms with E-state index in [0.29, 0.717) is 19.1 Å². The van der Waals surface area contributed by atoms with Gasteiger partial charge >= 0.3 is 0 Å². The van der Waals surface area contributed by atoms with E-state index in [4.69, 9.17) is 4.74 Å². The van der Waals surface area contributed by atoms with Gasteiger partial charge in [-0.05, 0) is 20.8 Å². The van der Waals surface area contributed by atoms with Crippen molar-refractivity contribution in [2.45, 2.75) is 45.9 Å². The monoisotopic (exact) mass is 208 g/mol. The van der Waals surface area contributed by atoms with E-state index in [1.807, 2.05) is 11.6 Å². The molecule has 0 bridgehead atoms. The number of hydrogen-bond acceptors (Lipinski definition) is 3. The average molecular weight is 208 g/mol. The van der Waals surface area contributed by atoms with Crippen LogP contribution in [0.25, 0.3) is 0 Å². The summed E-state index contributed by atoms with van der Waals surface area (Å²) in [5, 5.41) is 4.48. The zero-order valence-corrected chi connectivity index (χ0v) is 9.36. The second kappa shape index (κ2) is 3.77. The molecule has 0 N–H and O–H groups in total. The highest BCUT2D eigenvalue weighted by Gasteiger charge is 2.25. The molecule has 1 atom stereocenters. The summed E-state index contributed by atoms with van der Waals surface area (Å²) in [6.45, 7) is 6.69. The lowest BCUT2D eigenvalue weighted by Gasteiger charge is -2.21. The molecular weight excluding hydrogens is 192 g/mol. The zero-order chi connectivity index (χ0) is 11.0. The summed E-state index contributed by atoms with van der Waals surface area (Å²) in [5.74, 6) is 0. The van der Waals surface area contributed by atoms with Crippen molar-refractivity contribution >= 4 is 6.29 Å². The third-order valence-corrected chi connectivity index (χ3v) is 2.80. The fourth-order valence-corrected chi connectivity index (χ4v) is 1.99. The average Bonchev–Trinajstić information content (AvgIpc) is 2.56. The molecule has 0 fully saturated rings. The Labute approximate surface area is 89.2 Å². The molecule has 0 aromatic carbocycles. The smallest absolute Gasteiger partial charge is 0.149 e. The van der Waals surface area contributed by atoms with Gasteiger partial charge in [0.2, 0.25) is 0 Å². The number of aryl methyl sites for hydroxylation is 1. The van der Waals surface area contributed by atoms with Gasteiger partial charge in [-0.2, -0.15) is 5.10 Å². The molecule has 2 rings (SSSR count). The Kier molecular flexibility index (Phi) is 2.61. The highest BCUT2D eigenvalue weighted by molar-refractivity contribution is 5.57. The molecule has 0 aliphatic carbocycles. The van der Waals surface area contributed by atoms with Crippen molar-refractivity contribution < 1.29 is 9.53 Å². The quantitative estimate of drug-likeness (QED) is 0.690. The predicted octanol–water partition coefficient (Wildman–Crippen LogP) is 1.41. The largest absolute Gasteiger partial charge is 0.366 e. The van der Waals surface area contributed by atoms with E-state index >= 15 is 0 Å². The third kappa shape index (κ3) is 1.69. The minimum atomic E-state index is -0.300. The Morgan fingerprint density at radius 3 is 2.93 bits per heavy atom. The van der Waals surface area contributed by atoms with E-state index in [1.165, 1.54) is 0 Å². The first kappa shape index (κ1) is 10.4. The van der Waals surface area contributed by atoms with Crippen molar-refractivity contribution in [2.75, 3.05) is 0 Å². The van der Waals surface area contributed by atoms with Gasteiger partial charge in [0.05, 0.1) is 12.3 Å². The summed E-state index contributed by atoms with van der Waals surface area (Å²) in [5.41, 5.74) is 3.33. The maximum Gasteiger partial charge on any atom is 0.149 e. The molecule has 1 aliphatic rings. The van der Waals surface area contributed by atoms with Gasteiger partial charge in [-0.1, -0.05) is 0 Å². The van der Waals surface area contributed by atoms with E-state index in [1.54, 1.807) is 0 Å². The summed E-state index contributed by atoms with van der Waals surface area (Å²) in [7, 11) is 0. The fraction of sp³-hybridized carbons (Fsp3) is 0.636. The Bertz CT molecular complexity index is 382. The van der Waals surface area contributed by atoms with Crippen LogP contribution < -0.4 is 0 Å². The van der Waals surface area contributed by atoms with Crippen LogP contribution in [0.3, 0.4) is 0 Å². The van der Waals surface area contributed by atoms with Crippen molar-refractivity contribution in [3.63, 3.8) is 0 Å². The van der Waals surface area contributed by atoms with Crippen molar-refractivity contribution in [1.29, 1.82) is 0 Å². The van der Waals surface area contributed by atoms with Gasteiger partial charge in [0.25, 0.3) is 0 Å². The van der Waals surface area contributed by atoms with E-state index < -0.39 is 0 Å². The molecular formula is C11H16N2O2. The molecule has 82 valence electrons. The van der Waals surface area contributed by atoms with Crippen LogP contribution in [0.1, 0.15) is 36.8 Å². The molecule has 0 saturated carbocycles. The predicted molar refractivity (Wildman–Crippen MR) is 55.7 cm³/mol. The number of carbonyl (C=O) groups excluding carboxylic acids is 1. The first-order valence-corrected chi connectivity index (χ1v) is 5.27. The Morgan fingerprint density at radius 1 is 1.60 bits per heavy atom. The van der Waals surface area contributed by atoms with Crippen molar-refractivity contribution in [3.05, 3.63) is 17.0 Å². The number of aromatic nitrogens is 2. The lowest BCUT2D eigenvalue weighted by molar-refractivity contribution is -0.119. The van der Waals surface area contributed by atoms with Crippen molar-refractivity contribution in [2.24, 2.45) is 0 Å². The van der Waals surface area contributed by atoms with Gasteiger partial charge in [-0.3, -0.25) is 4.68 Å². The number of ether oxygens (including phenoxy) is 1. The van der Waals surface area contributed by atoms with Crippen LogP contribution in [0.4, 0.5) is 0 Å². The number of rotatable bonds is 2. The van der Waals surface area contributed by atoms with Gasteiger partial charge in [0.1, 0.15) is 12.4 Å². The van der Waals surface area contributed by atoms with Gasteiger partial charge in [-0.25, -0.2) is 0 Å². The molecule has 2 heterocycles. The zero-order valence-electron chi connectivity index (χ0n) is 9.36. The molecule has 0 amide bonds. The topological polar surface area (TPSA) is 44.1 Å². The molecule has 1 aromatic rings. The summed E-state index contributed by atoms with van der Waals surface area (Å²) in [4.78, 5) is 10.7. The van der Waals surface area contributed by atoms with Crippen LogP contribution in [-0.4, -0.2) is 22.2 Å². The number of hydrogen-bond donors (Lipinski definition) is 0. The van der Waals surface area contributed by atoms with Crippen molar-refractivity contribution in [3.8, 4) is 0 Å². The van der Waals surface area contributed by atoms with Gasteiger partial charge in [0.15, 0.2) is 0 Å². The molecule has 0 radical (unpaired) electrons. The highest BCUT2D eigenvalue weighted by Crippen LogP contribution is 2.25. The number of fused-ring (bicyclic) bond motifs is 1. The molecule has 1 aromatic heterocycles.